The molecule has 25 heavy (non-hydrogen) atoms. The van der Waals surface area contributed by atoms with Gasteiger partial charge in [-0.25, -0.2) is 0 Å². The van der Waals surface area contributed by atoms with Gasteiger partial charge in [-0.1, -0.05) is 29.8 Å². The second-order valence-electron chi connectivity index (χ2n) is 5.29. The van der Waals surface area contributed by atoms with Crippen molar-refractivity contribution in [1.29, 1.82) is 0 Å². The summed E-state index contributed by atoms with van der Waals surface area (Å²) in [6.07, 6.45) is 0. The van der Waals surface area contributed by atoms with Gasteiger partial charge < -0.3 is 19.1 Å². The summed E-state index contributed by atoms with van der Waals surface area (Å²) < 4.78 is 16.6. The van der Waals surface area contributed by atoms with Crippen LogP contribution in [0.1, 0.15) is 6.92 Å². The van der Waals surface area contributed by atoms with Crippen LogP contribution in [0, 0.1) is 0 Å². The molecule has 5 nitrogen and oxygen atoms in total. The fourth-order valence-electron chi connectivity index (χ4n) is 2.08. The second kappa shape index (κ2) is 9.79. The monoisotopic (exact) mass is 363 g/mol. The highest BCUT2D eigenvalue weighted by Crippen LogP contribution is 2.26. The van der Waals surface area contributed by atoms with Gasteiger partial charge in [0, 0.05) is 12.1 Å². The molecular weight excluding hydrogens is 342 g/mol. The average Bonchev–Trinajstić information content (AvgIpc) is 2.61. The molecule has 0 radical (unpaired) electrons. The number of rotatable bonds is 9. The Morgan fingerprint density at radius 3 is 2.44 bits per heavy atom. The molecule has 0 unspecified atom stereocenters. The van der Waals surface area contributed by atoms with Crippen LogP contribution < -0.4 is 14.2 Å². The molecule has 0 fully saturated rings. The van der Waals surface area contributed by atoms with Crippen LogP contribution in [0.5, 0.6) is 17.2 Å². The first kappa shape index (κ1) is 18.9. The van der Waals surface area contributed by atoms with E-state index in [9.17, 15) is 4.79 Å². The highest BCUT2D eigenvalue weighted by molar-refractivity contribution is 6.30. The summed E-state index contributed by atoms with van der Waals surface area (Å²) >= 11 is 5.90. The molecule has 0 atom stereocenters. The molecule has 2 aromatic rings. The lowest BCUT2D eigenvalue weighted by molar-refractivity contribution is -0.132. The topological polar surface area (TPSA) is 48.0 Å². The number of halogens is 1. The lowest BCUT2D eigenvalue weighted by Gasteiger charge is -2.18. The van der Waals surface area contributed by atoms with Crippen molar-refractivity contribution in [3.05, 3.63) is 53.6 Å². The Morgan fingerprint density at radius 1 is 1.04 bits per heavy atom. The van der Waals surface area contributed by atoms with E-state index in [4.69, 9.17) is 25.8 Å². The van der Waals surface area contributed by atoms with E-state index < -0.39 is 0 Å². The molecule has 1 amide bonds. The number of benzene rings is 2. The fourth-order valence-corrected chi connectivity index (χ4v) is 2.26. The summed E-state index contributed by atoms with van der Waals surface area (Å²) in [7, 11) is 1.71. The van der Waals surface area contributed by atoms with Gasteiger partial charge in [-0.15, -0.1) is 0 Å². The van der Waals surface area contributed by atoms with E-state index in [0.29, 0.717) is 42.0 Å². The number of hydrogen-bond acceptors (Lipinski definition) is 4. The van der Waals surface area contributed by atoms with Crippen molar-refractivity contribution in [1.82, 2.24) is 4.90 Å². The van der Waals surface area contributed by atoms with Gasteiger partial charge in [-0.05, 0) is 37.3 Å². The molecule has 134 valence electrons. The summed E-state index contributed by atoms with van der Waals surface area (Å²) in [5, 5.41) is 0.614. The lowest BCUT2D eigenvalue weighted by atomic mass is 10.3. The zero-order valence-corrected chi connectivity index (χ0v) is 15.2. The molecule has 0 saturated heterocycles. The number of nitrogens with zero attached hydrogens (tertiary/aromatic N) is 1. The van der Waals surface area contributed by atoms with Gasteiger partial charge in [0.1, 0.15) is 12.4 Å². The van der Waals surface area contributed by atoms with Crippen LogP contribution in [0.2, 0.25) is 5.02 Å². The Kier molecular flexibility index (Phi) is 7.41. The van der Waals surface area contributed by atoms with Crippen molar-refractivity contribution in [2.75, 3.05) is 33.4 Å². The molecular formula is C19H22ClNO4. The number of hydrogen-bond donors (Lipinski definition) is 0. The van der Waals surface area contributed by atoms with E-state index in [1.165, 1.54) is 0 Å². The first-order valence-electron chi connectivity index (χ1n) is 8.07. The van der Waals surface area contributed by atoms with Gasteiger partial charge in [0.15, 0.2) is 18.1 Å². The Labute approximate surface area is 153 Å². The number of carbonyl (C=O) groups excluding carboxylic acids is 1. The van der Waals surface area contributed by atoms with Crippen molar-refractivity contribution in [3.8, 4) is 17.2 Å². The van der Waals surface area contributed by atoms with Crippen molar-refractivity contribution in [2.45, 2.75) is 6.92 Å². The van der Waals surface area contributed by atoms with Gasteiger partial charge in [-0.2, -0.15) is 0 Å². The highest BCUT2D eigenvalue weighted by Gasteiger charge is 2.11. The largest absolute Gasteiger partial charge is 0.492 e. The molecule has 0 aliphatic carbocycles. The van der Waals surface area contributed by atoms with Crippen LogP contribution in [0.3, 0.4) is 0 Å². The zero-order chi connectivity index (χ0) is 18.1. The Morgan fingerprint density at radius 2 is 1.76 bits per heavy atom. The Balaban J connectivity index is 1.77. The van der Waals surface area contributed by atoms with E-state index >= 15 is 0 Å². The summed E-state index contributed by atoms with van der Waals surface area (Å²) in [6.45, 7) is 3.20. The maximum absolute atomic E-state index is 12.2. The number of ether oxygens (including phenoxy) is 3. The Hall–Kier alpha value is -2.40. The molecule has 0 aromatic heterocycles. The van der Waals surface area contributed by atoms with Gasteiger partial charge in [-0.3, -0.25) is 4.79 Å². The quantitative estimate of drug-likeness (QED) is 0.682. The third-order valence-electron chi connectivity index (χ3n) is 3.42. The maximum Gasteiger partial charge on any atom is 0.260 e. The predicted molar refractivity (Wildman–Crippen MR) is 97.7 cm³/mol. The third kappa shape index (κ3) is 6.19. The fraction of sp³-hybridized carbons (Fsp3) is 0.316. The van der Waals surface area contributed by atoms with E-state index in [1.807, 2.05) is 37.3 Å². The van der Waals surface area contributed by atoms with Crippen molar-refractivity contribution in [2.24, 2.45) is 0 Å². The molecule has 0 heterocycles. The number of amides is 1. The van der Waals surface area contributed by atoms with E-state index in [0.717, 1.165) is 0 Å². The normalized spacial score (nSPS) is 10.2. The van der Waals surface area contributed by atoms with Crippen LogP contribution in [-0.4, -0.2) is 44.2 Å². The third-order valence-corrected chi connectivity index (χ3v) is 3.65. The standard InChI is InChI=1S/C19H22ClNO4/c1-3-23-17-9-4-5-10-18(17)25-14-19(22)21(2)11-12-24-16-8-6-7-15(20)13-16/h4-10,13H,3,11-12,14H2,1-2H3. The van der Waals surface area contributed by atoms with Crippen molar-refractivity contribution < 1.29 is 19.0 Å². The molecule has 0 N–H and O–H groups in total. The summed E-state index contributed by atoms with van der Waals surface area (Å²) in [4.78, 5) is 13.7. The molecule has 6 heteroatoms. The Bertz CT molecular complexity index is 693. The number of likely N-dealkylation sites (N-methyl/N-ethyl adjacent to an activating group) is 1. The van der Waals surface area contributed by atoms with E-state index in [1.54, 1.807) is 30.1 Å². The van der Waals surface area contributed by atoms with Crippen LogP contribution in [0.4, 0.5) is 0 Å². The van der Waals surface area contributed by atoms with E-state index in [2.05, 4.69) is 0 Å². The van der Waals surface area contributed by atoms with Gasteiger partial charge in [0.2, 0.25) is 0 Å². The van der Waals surface area contributed by atoms with Crippen LogP contribution >= 0.6 is 11.6 Å². The molecule has 0 aliphatic rings. The number of carbonyl (C=O) groups is 1. The first-order valence-corrected chi connectivity index (χ1v) is 8.45. The van der Waals surface area contributed by atoms with E-state index in [-0.39, 0.29) is 12.5 Å². The molecule has 0 bridgehead atoms. The van der Waals surface area contributed by atoms with Crippen LogP contribution in [-0.2, 0) is 4.79 Å². The van der Waals surface area contributed by atoms with Crippen LogP contribution in [0.15, 0.2) is 48.5 Å². The molecule has 2 aromatic carbocycles. The molecule has 2 rings (SSSR count). The smallest absolute Gasteiger partial charge is 0.260 e. The molecule has 0 spiro atoms. The van der Waals surface area contributed by atoms with Crippen LogP contribution in [0.25, 0.3) is 0 Å². The second-order valence-corrected chi connectivity index (χ2v) is 5.73. The lowest BCUT2D eigenvalue weighted by Crippen LogP contribution is -2.34. The predicted octanol–water partition coefficient (Wildman–Crippen LogP) is 3.65. The zero-order valence-electron chi connectivity index (χ0n) is 14.4. The van der Waals surface area contributed by atoms with Gasteiger partial charge in [0.05, 0.1) is 13.2 Å². The SMILES string of the molecule is CCOc1ccccc1OCC(=O)N(C)CCOc1cccc(Cl)c1. The van der Waals surface area contributed by atoms with Gasteiger partial charge in [0.25, 0.3) is 5.91 Å². The summed E-state index contributed by atoms with van der Waals surface area (Å²) in [6, 6.07) is 14.4. The first-order chi connectivity index (χ1) is 12.1. The van der Waals surface area contributed by atoms with Crippen molar-refractivity contribution >= 4 is 17.5 Å². The summed E-state index contributed by atoms with van der Waals surface area (Å²) in [5.41, 5.74) is 0. The number of para-hydroxylation sites is 2. The minimum atomic E-state index is -0.138. The maximum atomic E-state index is 12.2. The summed E-state index contributed by atoms with van der Waals surface area (Å²) in [5.74, 6) is 1.72. The molecule has 0 aliphatic heterocycles. The minimum Gasteiger partial charge on any atom is -0.492 e. The van der Waals surface area contributed by atoms with Gasteiger partial charge >= 0.3 is 0 Å². The average molecular weight is 364 g/mol. The van der Waals surface area contributed by atoms with Crippen molar-refractivity contribution in [3.63, 3.8) is 0 Å². The molecule has 0 saturated carbocycles. The highest BCUT2D eigenvalue weighted by atomic mass is 35.5. The minimum absolute atomic E-state index is 0.0578.